The molecule has 0 spiro atoms. The van der Waals surface area contributed by atoms with E-state index in [2.05, 4.69) is 24.1 Å². The summed E-state index contributed by atoms with van der Waals surface area (Å²) in [4.78, 5) is 15.4. The van der Waals surface area contributed by atoms with Crippen LogP contribution in [0.1, 0.15) is 69.7 Å². The zero-order valence-corrected chi connectivity index (χ0v) is 20.7. The SMILES string of the molecule is CCCS(=O)(=O)N1CCN(C2(C(C)(C)NC(=O)c3ccccc3)CCCCC2)CC1.Cl. The fourth-order valence-corrected chi connectivity index (χ4v) is 6.81. The van der Waals surface area contributed by atoms with Gasteiger partial charge in [0.25, 0.3) is 5.91 Å². The van der Waals surface area contributed by atoms with Crippen LogP contribution in [0.3, 0.4) is 0 Å². The maximum absolute atomic E-state index is 13.0. The van der Waals surface area contributed by atoms with Crippen molar-refractivity contribution in [2.24, 2.45) is 0 Å². The predicted molar refractivity (Wildman–Crippen MR) is 128 cm³/mol. The highest BCUT2D eigenvalue weighted by atomic mass is 35.5. The van der Waals surface area contributed by atoms with Crippen LogP contribution in [-0.2, 0) is 10.0 Å². The number of halogens is 1. The van der Waals surface area contributed by atoms with Crippen molar-refractivity contribution in [2.45, 2.75) is 70.4 Å². The van der Waals surface area contributed by atoms with E-state index in [1.165, 1.54) is 6.42 Å². The highest BCUT2D eigenvalue weighted by molar-refractivity contribution is 7.89. The zero-order valence-electron chi connectivity index (χ0n) is 19.1. The van der Waals surface area contributed by atoms with E-state index in [1.807, 2.05) is 37.3 Å². The van der Waals surface area contributed by atoms with Crippen molar-refractivity contribution in [1.29, 1.82) is 0 Å². The quantitative estimate of drug-likeness (QED) is 0.658. The third kappa shape index (κ3) is 5.62. The molecule has 176 valence electrons. The maximum Gasteiger partial charge on any atom is 0.251 e. The van der Waals surface area contributed by atoms with Gasteiger partial charge < -0.3 is 5.32 Å². The molecule has 1 heterocycles. The topological polar surface area (TPSA) is 69.7 Å². The van der Waals surface area contributed by atoms with E-state index >= 15 is 0 Å². The molecule has 8 heteroatoms. The van der Waals surface area contributed by atoms with Crippen molar-refractivity contribution >= 4 is 28.3 Å². The van der Waals surface area contributed by atoms with Crippen LogP contribution in [0.4, 0.5) is 0 Å². The van der Waals surface area contributed by atoms with Crippen molar-refractivity contribution in [2.75, 3.05) is 31.9 Å². The van der Waals surface area contributed by atoms with E-state index in [9.17, 15) is 13.2 Å². The Kier molecular flexibility index (Phi) is 8.96. The fraction of sp³-hybridized carbons (Fsp3) is 0.696. The number of nitrogens with zero attached hydrogens (tertiary/aromatic N) is 2. The summed E-state index contributed by atoms with van der Waals surface area (Å²) in [5.74, 6) is 0.172. The molecule has 1 N–H and O–H groups in total. The Morgan fingerprint density at radius 1 is 1.03 bits per heavy atom. The van der Waals surface area contributed by atoms with E-state index < -0.39 is 15.6 Å². The van der Waals surface area contributed by atoms with Crippen LogP contribution in [0.15, 0.2) is 30.3 Å². The largest absolute Gasteiger partial charge is 0.345 e. The molecule has 2 fully saturated rings. The van der Waals surface area contributed by atoms with Gasteiger partial charge in [-0.3, -0.25) is 9.69 Å². The van der Waals surface area contributed by atoms with Crippen LogP contribution < -0.4 is 5.32 Å². The number of sulfonamides is 1. The number of rotatable bonds is 7. The molecule has 1 aliphatic heterocycles. The van der Waals surface area contributed by atoms with E-state index in [0.717, 1.165) is 25.7 Å². The Morgan fingerprint density at radius 3 is 2.16 bits per heavy atom. The molecule has 1 aromatic carbocycles. The summed E-state index contributed by atoms with van der Waals surface area (Å²) in [6.45, 7) is 8.68. The Bertz CT molecular complexity index is 816. The minimum absolute atomic E-state index is 0. The van der Waals surface area contributed by atoms with Crippen molar-refractivity contribution in [3.63, 3.8) is 0 Å². The summed E-state index contributed by atoms with van der Waals surface area (Å²) in [6.07, 6.45) is 6.19. The number of carbonyl (C=O) groups excluding carboxylic acids is 1. The Hall–Kier alpha value is -1.15. The van der Waals surface area contributed by atoms with Crippen LogP contribution in [0.5, 0.6) is 0 Å². The number of hydrogen-bond acceptors (Lipinski definition) is 4. The molecule has 31 heavy (non-hydrogen) atoms. The summed E-state index contributed by atoms with van der Waals surface area (Å²) in [7, 11) is -3.16. The van der Waals surface area contributed by atoms with Crippen molar-refractivity contribution < 1.29 is 13.2 Å². The number of benzene rings is 1. The van der Waals surface area contributed by atoms with E-state index in [4.69, 9.17) is 0 Å². The Morgan fingerprint density at radius 2 is 1.61 bits per heavy atom. The normalized spacial score (nSPS) is 20.6. The van der Waals surface area contributed by atoms with Crippen LogP contribution in [0.2, 0.25) is 0 Å². The monoisotopic (exact) mass is 471 g/mol. The Labute approximate surface area is 194 Å². The second-order valence-corrected chi connectivity index (χ2v) is 11.3. The first kappa shape index (κ1) is 26.1. The first-order chi connectivity index (χ1) is 14.2. The molecule has 0 unspecified atom stereocenters. The minimum atomic E-state index is -3.16. The molecule has 2 aliphatic rings. The molecule has 0 radical (unpaired) electrons. The summed E-state index contributed by atoms with van der Waals surface area (Å²) >= 11 is 0. The van der Waals surface area contributed by atoms with Gasteiger partial charge in [0.15, 0.2) is 0 Å². The number of amides is 1. The molecule has 0 bridgehead atoms. The number of piperazine rings is 1. The number of nitrogens with one attached hydrogen (secondary N) is 1. The molecule has 3 rings (SSSR count). The van der Waals surface area contributed by atoms with E-state index in [0.29, 0.717) is 38.2 Å². The van der Waals surface area contributed by atoms with Gasteiger partial charge in [0.2, 0.25) is 10.0 Å². The highest BCUT2D eigenvalue weighted by Crippen LogP contribution is 2.42. The van der Waals surface area contributed by atoms with Crippen LogP contribution in [0.25, 0.3) is 0 Å². The van der Waals surface area contributed by atoms with Crippen molar-refractivity contribution in [3.05, 3.63) is 35.9 Å². The molecule has 1 aromatic rings. The molecule has 0 atom stereocenters. The lowest BCUT2D eigenvalue weighted by molar-refractivity contribution is -0.0332. The molecule has 1 saturated carbocycles. The van der Waals surface area contributed by atoms with Crippen LogP contribution in [0, 0.1) is 0 Å². The molecule has 1 saturated heterocycles. The smallest absolute Gasteiger partial charge is 0.251 e. The van der Waals surface area contributed by atoms with Gasteiger partial charge in [0, 0.05) is 37.3 Å². The van der Waals surface area contributed by atoms with E-state index in [1.54, 1.807) is 4.31 Å². The van der Waals surface area contributed by atoms with Gasteiger partial charge in [-0.1, -0.05) is 44.4 Å². The molecule has 6 nitrogen and oxygen atoms in total. The predicted octanol–water partition coefficient (Wildman–Crippen LogP) is 3.68. The highest BCUT2D eigenvalue weighted by Gasteiger charge is 2.51. The second-order valence-electron chi connectivity index (χ2n) is 9.24. The van der Waals surface area contributed by atoms with Gasteiger partial charge in [0.05, 0.1) is 11.3 Å². The average Bonchev–Trinajstić information content (AvgIpc) is 2.74. The molecular formula is C23H38ClN3O3S. The van der Waals surface area contributed by atoms with Gasteiger partial charge in [-0.25, -0.2) is 8.42 Å². The zero-order chi connectivity index (χ0) is 21.8. The Balaban J connectivity index is 0.00000341. The van der Waals surface area contributed by atoms with Gasteiger partial charge in [-0.05, 0) is 45.2 Å². The first-order valence-electron chi connectivity index (χ1n) is 11.3. The second kappa shape index (κ2) is 10.6. The van der Waals surface area contributed by atoms with Crippen molar-refractivity contribution in [1.82, 2.24) is 14.5 Å². The number of carbonyl (C=O) groups is 1. The third-order valence-electron chi connectivity index (χ3n) is 7.01. The summed E-state index contributed by atoms with van der Waals surface area (Å²) in [5.41, 5.74) is 0.0909. The maximum atomic E-state index is 13.0. The van der Waals surface area contributed by atoms with Crippen LogP contribution in [-0.4, -0.2) is 66.5 Å². The fourth-order valence-electron chi connectivity index (χ4n) is 5.32. The lowest BCUT2D eigenvalue weighted by Crippen LogP contribution is -2.71. The van der Waals surface area contributed by atoms with Gasteiger partial charge in [0.1, 0.15) is 0 Å². The van der Waals surface area contributed by atoms with Gasteiger partial charge >= 0.3 is 0 Å². The van der Waals surface area contributed by atoms with Crippen LogP contribution >= 0.6 is 12.4 Å². The molecular weight excluding hydrogens is 434 g/mol. The molecule has 1 aliphatic carbocycles. The first-order valence-corrected chi connectivity index (χ1v) is 12.9. The lowest BCUT2D eigenvalue weighted by Gasteiger charge is -2.57. The van der Waals surface area contributed by atoms with Crippen molar-refractivity contribution in [3.8, 4) is 0 Å². The standard InChI is InChI=1S/C23H37N3O3S.ClH/c1-4-19-30(28,29)26-17-15-25(16-18-26)23(13-9-6-10-14-23)22(2,3)24-21(27)20-11-7-5-8-12-20;/h5,7-8,11-12H,4,6,9-10,13-19H2,1-3H3,(H,24,27);1H. The third-order valence-corrected chi connectivity index (χ3v) is 9.08. The molecule has 0 aromatic heterocycles. The number of hydrogen-bond donors (Lipinski definition) is 1. The summed E-state index contributed by atoms with van der Waals surface area (Å²) in [5, 5.41) is 3.33. The lowest BCUT2D eigenvalue weighted by atomic mass is 9.68. The van der Waals surface area contributed by atoms with Gasteiger partial charge in [-0.15, -0.1) is 12.4 Å². The minimum Gasteiger partial charge on any atom is -0.345 e. The van der Waals surface area contributed by atoms with E-state index in [-0.39, 0.29) is 29.6 Å². The average molecular weight is 472 g/mol. The van der Waals surface area contributed by atoms with Gasteiger partial charge in [-0.2, -0.15) is 4.31 Å². The summed E-state index contributed by atoms with van der Waals surface area (Å²) < 4.78 is 26.6. The summed E-state index contributed by atoms with van der Waals surface area (Å²) in [6, 6.07) is 9.37. The molecule has 1 amide bonds.